The van der Waals surface area contributed by atoms with Crippen molar-refractivity contribution in [1.82, 2.24) is 5.32 Å². The molecule has 0 spiro atoms. The zero-order valence-corrected chi connectivity index (χ0v) is 12.9. The lowest BCUT2D eigenvalue weighted by Gasteiger charge is -2.24. The van der Waals surface area contributed by atoms with Gasteiger partial charge in [0.1, 0.15) is 11.4 Å². The number of aryl methyl sites for hydroxylation is 1. The maximum atomic E-state index is 11.9. The van der Waals surface area contributed by atoms with E-state index in [-0.39, 0.29) is 19.1 Å². The molecule has 0 radical (unpaired) electrons. The van der Waals surface area contributed by atoms with Gasteiger partial charge in [-0.1, -0.05) is 48.5 Å². The van der Waals surface area contributed by atoms with Crippen LogP contribution in [0.5, 0.6) is 5.75 Å². The van der Waals surface area contributed by atoms with Gasteiger partial charge in [-0.3, -0.25) is 4.79 Å². The Hall–Kier alpha value is -2.33. The van der Waals surface area contributed by atoms with Crippen LogP contribution in [0.2, 0.25) is 0 Å². The Bertz CT molecular complexity index is 623. The first kappa shape index (κ1) is 16.0. The minimum atomic E-state index is -1.11. The van der Waals surface area contributed by atoms with Gasteiger partial charge in [0.05, 0.1) is 6.54 Å². The molecule has 0 saturated heterocycles. The first-order valence-corrected chi connectivity index (χ1v) is 7.22. The number of para-hydroxylation sites is 1. The van der Waals surface area contributed by atoms with Gasteiger partial charge in [-0.15, -0.1) is 0 Å². The monoisotopic (exact) mass is 299 g/mol. The van der Waals surface area contributed by atoms with Crippen molar-refractivity contribution in [3.63, 3.8) is 0 Å². The number of aliphatic hydroxyl groups is 1. The Labute approximate surface area is 130 Å². The minimum Gasteiger partial charge on any atom is -0.484 e. The Balaban J connectivity index is 1.84. The van der Waals surface area contributed by atoms with Crippen LogP contribution < -0.4 is 10.1 Å². The lowest BCUT2D eigenvalue weighted by Crippen LogP contribution is -2.40. The van der Waals surface area contributed by atoms with Gasteiger partial charge in [0.15, 0.2) is 6.61 Å². The highest BCUT2D eigenvalue weighted by Gasteiger charge is 2.23. The third-order valence-electron chi connectivity index (χ3n) is 3.48. The lowest BCUT2D eigenvalue weighted by atomic mass is 9.96. The molecule has 0 aliphatic rings. The number of carbonyl (C=O) groups excluding carboxylic acids is 1. The first-order chi connectivity index (χ1) is 10.5. The van der Waals surface area contributed by atoms with Crippen molar-refractivity contribution in [3.05, 3.63) is 65.7 Å². The third kappa shape index (κ3) is 4.33. The number of benzene rings is 2. The van der Waals surface area contributed by atoms with E-state index in [1.165, 1.54) is 0 Å². The number of carbonyl (C=O) groups is 1. The standard InChI is InChI=1S/C18H21NO3/c1-14-8-6-7-11-16(14)22-12-17(20)19-13-18(2,21)15-9-4-3-5-10-15/h3-11,21H,12-13H2,1-2H3,(H,19,20). The van der Waals surface area contributed by atoms with Crippen molar-refractivity contribution in [3.8, 4) is 5.75 Å². The van der Waals surface area contributed by atoms with Crippen LogP contribution in [-0.2, 0) is 10.4 Å². The Morgan fingerprint density at radius 2 is 1.77 bits per heavy atom. The number of hydrogen-bond acceptors (Lipinski definition) is 3. The summed E-state index contributed by atoms with van der Waals surface area (Å²) in [6.45, 7) is 3.65. The average molecular weight is 299 g/mol. The van der Waals surface area contributed by atoms with E-state index in [1.807, 2.05) is 61.5 Å². The van der Waals surface area contributed by atoms with E-state index in [0.717, 1.165) is 11.1 Å². The second kappa shape index (κ2) is 7.09. The predicted molar refractivity (Wildman–Crippen MR) is 85.7 cm³/mol. The summed E-state index contributed by atoms with van der Waals surface area (Å²) in [5, 5.41) is 13.1. The third-order valence-corrected chi connectivity index (χ3v) is 3.48. The fraction of sp³-hybridized carbons (Fsp3) is 0.278. The molecule has 0 heterocycles. The molecule has 1 atom stereocenters. The van der Waals surface area contributed by atoms with Gasteiger partial charge < -0.3 is 15.2 Å². The van der Waals surface area contributed by atoms with Crippen LogP contribution in [-0.4, -0.2) is 24.2 Å². The Morgan fingerprint density at radius 3 is 2.45 bits per heavy atom. The van der Waals surface area contributed by atoms with Gasteiger partial charge in [-0.25, -0.2) is 0 Å². The van der Waals surface area contributed by atoms with Gasteiger partial charge in [0.25, 0.3) is 5.91 Å². The summed E-state index contributed by atoms with van der Waals surface area (Å²) >= 11 is 0. The van der Waals surface area contributed by atoms with Crippen molar-refractivity contribution < 1.29 is 14.6 Å². The molecule has 1 amide bonds. The molecule has 0 aliphatic carbocycles. The second-order valence-electron chi connectivity index (χ2n) is 5.47. The quantitative estimate of drug-likeness (QED) is 0.861. The molecular formula is C18H21NO3. The zero-order valence-electron chi connectivity index (χ0n) is 12.9. The van der Waals surface area contributed by atoms with Crippen molar-refractivity contribution in [2.24, 2.45) is 0 Å². The maximum Gasteiger partial charge on any atom is 0.258 e. The van der Waals surface area contributed by atoms with Gasteiger partial charge >= 0.3 is 0 Å². The summed E-state index contributed by atoms with van der Waals surface area (Å²) in [7, 11) is 0. The highest BCUT2D eigenvalue weighted by molar-refractivity contribution is 5.77. The van der Waals surface area contributed by atoms with Crippen molar-refractivity contribution in [1.29, 1.82) is 0 Å². The molecular weight excluding hydrogens is 278 g/mol. The molecule has 1 unspecified atom stereocenters. The van der Waals surface area contributed by atoms with E-state index >= 15 is 0 Å². The van der Waals surface area contributed by atoms with Gasteiger partial charge in [0.2, 0.25) is 0 Å². The number of rotatable bonds is 6. The highest BCUT2D eigenvalue weighted by atomic mass is 16.5. The van der Waals surface area contributed by atoms with Crippen molar-refractivity contribution in [2.45, 2.75) is 19.4 Å². The minimum absolute atomic E-state index is 0.0737. The second-order valence-corrected chi connectivity index (χ2v) is 5.47. The molecule has 0 bridgehead atoms. The van der Waals surface area contributed by atoms with Gasteiger partial charge in [-0.2, -0.15) is 0 Å². The van der Waals surface area contributed by atoms with E-state index < -0.39 is 5.60 Å². The molecule has 0 aromatic heterocycles. The van der Waals surface area contributed by atoms with Crippen LogP contribution in [0.15, 0.2) is 54.6 Å². The van der Waals surface area contributed by atoms with Crippen LogP contribution in [0.4, 0.5) is 0 Å². The molecule has 2 N–H and O–H groups in total. The molecule has 2 aromatic rings. The average Bonchev–Trinajstić information content (AvgIpc) is 2.53. The number of amides is 1. The fourth-order valence-electron chi connectivity index (χ4n) is 2.08. The lowest BCUT2D eigenvalue weighted by molar-refractivity contribution is -0.124. The number of nitrogens with one attached hydrogen (secondary N) is 1. The molecule has 116 valence electrons. The van der Waals surface area contributed by atoms with Crippen LogP contribution in [0.3, 0.4) is 0 Å². The Morgan fingerprint density at radius 1 is 1.14 bits per heavy atom. The van der Waals surface area contributed by atoms with E-state index in [2.05, 4.69) is 5.32 Å². The fourth-order valence-corrected chi connectivity index (χ4v) is 2.08. The topological polar surface area (TPSA) is 58.6 Å². The van der Waals surface area contributed by atoms with E-state index in [1.54, 1.807) is 6.92 Å². The molecule has 4 heteroatoms. The maximum absolute atomic E-state index is 11.9. The largest absolute Gasteiger partial charge is 0.484 e. The van der Waals surface area contributed by atoms with Crippen LogP contribution in [0.1, 0.15) is 18.1 Å². The Kier molecular flexibility index (Phi) is 5.17. The van der Waals surface area contributed by atoms with Crippen LogP contribution in [0.25, 0.3) is 0 Å². The van der Waals surface area contributed by atoms with Crippen LogP contribution in [0, 0.1) is 6.92 Å². The molecule has 0 saturated carbocycles. The molecule has 0 fully saturated rings. The molecule has 4 nitrogen and oxygen atoms in total. The SMILES string of the molecule is Cc1ccccc1OCC(=O)NCC(C)(O)c1ccccc1. The summed E-state index contributed by atoms with van der Waals surface area (Å²) in [5.74, 6) is 0.423. The highest BCUT2D eigenvalue weighted by Crippen LogP contribution is 2.19. The summed E-state index contributed by atoms with van der Waals surface area (Å²) in [6.07, 6.45) is 0. The normalized spacial score (nSPS) is 13.2. The zero-order chi connectivity index (χ0) is 16.0. The summed E-state index contributed by atoms with van der Waals surface area (Å²) in [6, 6.07) is 16.8. The van der Waals surface area contributed by atoms with E-state index in [4.69, 9.17) is 4.74 Å². The summed E-state index contributed by atoms with van der Waals surface area (Å²) in [5.41, 5.74) is 0.626. The van der Waals surface area contributed by atoms with Crippen LogP contribution >= 0.6 is 0 Å². The van der Waals surface area contributed by atoms with E-state index in [0.29, 0.717) is 5.75 Å². The molecule has 2 aromatic carbocycles. The molecule has 22 heavy (non-hydrogen) atoms. The smallest absolute Gasteiger partial charge is 0.258 e. The van der Waals surface area contributed by atoms with Crippen molar-refractivity contribution in [2.75, 3.05) is 13.2 Å². The summed E-state index contributed by atoms with van der Waals surface area (Å²) < 4.78 is 5.48. The van der Waals surface area contributed by atoms with Gasteiger partial charge in [-0.05, 0) is 31.0 Å². The number of ether oxygens (including phenoxy) is 1. The van der Waals surface area contributed by atoms with E-state index in [9.17, 15) is 9.90 Å². The molecule has 2 rings (SSSR count). The first-order valence-electron chi connectivity index (χ1n) is 7.22. The number of hydrogen-bond donors (Lipinski definition) is 2. The van der Waals surface area contributed by atoms with Gasteiger partial charge in [0, 0.05) is 0 Å². The van der Waals surface area contributed by atoms with Crippen molar-refractivity contribution >= 4 is 5.91 Å². The predicted octanol–water partition coefficient (Wildman–Crippen LogP) is 2.40. The molecule has 0 aliphatic heterocycles. The summed E-state index contributed by atoms with van der Waals surface area (Å²) in [4.78, 5) is 11.9.